The Bertz CT molecular complexity index is 959. The third-order valence-corrected chi connectivity index (χ3v) is 4.80. The fraction of sp³-hybridized carbons (Fsp3) is 0.167. The Morgan fingerprint density at radius 2 is 2.00 bits per heavy atom. The fourth-order valence-electron chi connectivity index (χ4n) is 2.50. The predicted molar refractivity (Wildman–Crippen MR) is 96.7 cm³/mol. The minimum Gasteiger partial charge on any atom is -0.322 e. The van der Waals surface area contributed by atoms with Gasteiger partial charge in [0.1, 0.15) is 5.56 Å². The fourth-order valence-corrected chi connectivity index (χ4v) is 3.23. The summed E-state index contributed by atoms with van der Waals surface area (Å²) in [4.78, 5) is 26.0. The van der Waals surface area contributed by atoms with Crippen molar-refractivity contribution in [1.29, 1.82) is 0 Å². The lowest BCUT2D eigenvalue weighted by Crippen LogP contribution is -2.31. The molecule has 24 heavy (non-hydrogen) atoms. The number of anilines is 1. The van der Waals surface area contributed by atoms with Crippen molar-refractivity contribution in [3.8, 4) is 10.4 Å². The second-order valence-corrected chi connectivity index (χ2v) is 6.47. The molecule has 0 saturated heterocycles. The van der Waals surface area contributed by atoms with Crippen LogP contribution in [-0.2, 0) is 7.05 Å². The molecule has 0 aliphatic rings. The Kier molecular flexibility index (Phi) is 4.31. The van der Waals surface area contributed by atoms with E-state index in [1.807, 2.05) is 41.8 Å². The van der Waals surface area contributed by atoms with Gasteiger partial charge in [-0.05, 0) is 48.6 Å². The summed E-state index contributed by atoms with van der Waals surface area (Å²) in [7, 11) is 1.54. The van der Waals surface area contributed by atoms with Gasteiger partial charge in [0.25, 0.3) is 11.5 Å². The SMILES string of the molecule is Cc1nn(C)c(=O)c(C(=O)Nc2cccc(-c3cccs3)c2)c1C. The highest BCUT2D eigenvalue weighted by Gasteiger charge is 2.18. The molecule has 2 aromatic heterocycles. The number of hydrogen-bond donors (Lipinski definition) is 1. The van der Waals surface area contributed by atoms with Crippen LogP contribution < -0.4 is 10.9 Å². The topological polar surface area (TPSA) is 64.0 Å². The van der Waals surface area contributed by atoms with Crippen molar-refractivity contribution in [3.05, 3.63) is 69.0 Å². The van der Waals surface area contributed by atoms with Crippen molar-refractivity contribution >= 4 is 22.9 Å². The van der Waals surface area contributed by atoms with Crippen LogP contribution in [0.4, 0.5) is 5.69 Å². The number of hydrogen-bond acceptors (Lipinski definition) is 4. The predicted octanol–water partition coefficient (Wildman–Crippen LogP) is 3.38. The lowest BCUT2D eigenvalue weighted by atomic mass is 10.1. The molecule has 1 N–H and O–H groups in total. The number of nitrogens with zero attached hydrogens (tertiary/aromatic N) is 2. The molecule has 0 atom stereocenters. The molecule has 0 spiro atoms. The Morgan fingerprint density at radius 3 is 2.71 bits per heavy atom. The van der Waals surface area contributed by atoms with E-state index in [1.165, 1.54) is 4.68 Å². The van der Waals surface area contributed by atoms with E-state index in [4.69, 9.17) is 0 Å². The number of aromatic nitrogens is 2. The van der Waals surface area contributed by atoms with Gasteiger partial charge in [-0.15, -0.1) is 11.3 Å². The lowest BCUT2D eigenvalue weighted by molar-refractivity contribution is 0.102. The molecular formula is C18H17N3O2S. The van der Waals surface area contributed by atoms with E-state index in [9.17, 15) is 9.59 Å². The van der Waals surface area contributed by atoms with Crippen LogP contribution in [0.1, 0.15) is 21.6 Å². The molecule has 1 aromatic carbocycles. The molecule has 0 bridgehead atoms. The smallest absolute Gasteiger partial charge is 0.279 e. The van der Waals surface area contributed by atoms with Gasteiger partial charge in [-0.3, -0.25) is 9.59 Å². The highest BCUT2D eigenvalue weighted by Crippen LogP contribution is 2.27. The van der Waals surface area contributed by atoms with E-state index < -0.39 is 11.5 Å². The van der Waals surface area contributed by atoms with Crippen LogP contribution in [0.3, 0.4) is 0 Å². The minimum atomic E-state index is -0.415. The maximum Gasteiger partial charge on any atom is 0.279 e. The van der Waals surface area contributed by atoms with Crippen LogP contribution in [0, 0.1) is 13.8 Å². The number of benzene rings is 1. The first-order chi connectivity index (χ1) is 11.5. The summed E-state index contributed by atoms with van der Waals surface area (Å²) in [5, 5.41) is 8.92. The third kappa shape index (κ3) is 3.00. The molecule has 0 fully saturated rings. The first-order valence-corrected chi connectivity index (χ1v) is 8.35. The molecule has 0 aliphatic heterocycles. The highest BCUT2D eigenvalue weighted by atomic mass is 32.1. The van der Waals surface area contributed by atoms with Crippen LogP contribution in [0.2, 0.25) is 0 Å². The van der Waals surface area contributed by atoms with Crippen molar-refractivity contribution < 1.29 is 4.79 Å². The zero-order valence-electron chi connectivity index (χ0n) is 13.7. The number of amides is 1. The van der Waals surface area contributed by atoms with Gasteiger partial charge >= 0.3 is 0 Å². The van der Waals surface area contributed by atoms with E-state index >= 15 is 0 Å². The van der Waals surface area contributed by atoms with Gasteiger partial charge in [-0.1, -0.05) is 18.2 Å². The summed E-state index contributed by atoms with van der Waals surface area (Å²) < 4.78 is 1.19. The summed E-state index contributed by atoms with van der Waals surface area (Å²) in [6.07, 6.45) is 0. The van der Waals surface area contributed by atoms with E-state index in [1.54, 1.807) is 32.2 Å². The van der Waals surface area contributed by atoms with Crippen LogP contribution in [0.5, 0.6) is 0 Å². The monoisotopic (exact) mass is 339 g/mol. The van der Waals surface area contributed by atoms with Gasteiger partial charge in [0.2, 0.25) is 0 Å². The number of thiophene rings is 1. The number of rotatable bonds is 3. The van der Waals surface area contributed by atoms with Crippen molar-refractivity contribution in [1.82, 2.24) is 9.78 Å². The van der Waals surface area contributed by atoms with Gasteiger partial charge in [0, 0.05) is 17.6 Å². The number of nitrogens with one attached hydrogen (secondary N) is 1. The summed E-state index contributed by atoms with van der Waals surface area (Å²) in [5.74, 6) is -0.415. The highest BCUT2D eigenvalue weighted by molar-refractivity contribution is 7.13. The van der Waals surface area contributed by atoms with Gasteiger partial charge in [-0.25, -0.2) is 4.68 Å². The zero-order valence-corrected chi connectivity index (χ0v) is 14.5. The second kappa shape index (κ2) is 6.41. The standard InChI is InChI=1S/C18H17N3O2S/c1-11-12(2)20-21(3)18(23)16(11)17(22)19-14-7-4-6-13(10-14)15-8-5-9-24-15/h4-10H,1-3H3,(H,19,22). The average Bonchev–Trinajstić information content (AvgIpc) is 3.08. The van der Waals surface area contributed by atoms with Crippen LogP contribution in [-0.4, -0.2) is 15.7 Å². The molecule has 1 amide bonds. The van der Waals surface area contributed by atoms with Gasteiger partial charge in [-0.2, -0.15) is 5.10 Å². The van der Waals surface area contributed by atoms with E-state index in [0.29, 0.717) is 16.9 Å². The largest absolute Gasteiger partial charge is 0.322 e. The molecule has 0 radical (unpaired) electrons. The average molecular weight is 339 g/mol. The molecular weight excluding hydrogens is 322 g/mol. The molecule has 0 saturated carbocycles. The van der Waals surface area contributed by atoms with Crippen molar-refractivity contribution in [2.75, 3.05) is 5.32 Å². The van der Waals surface area contributed by atoms with Crippen LogP contribution in [0.25, 0.3) is 10.4 Å². The zero-order chi connectivity index (χ0) is 17.3. The van der Waals surface area contributed by atoms with Crippen LogP contribution in [0.15, 0.2) is 46.6 Å². The maximum absolute atomic E-state index is 12.6. The van der Waals surface area contributed by atoms with Gasteiger partial charge < -0.3 is 5.32 Å². The number of aryl methyl sites for hydroxylation is 2. The first-order valence-electron chi connectivity index (χ1n) is 7.47. The number of carbonyl (C=O) groups is 1. The maximum atomic E-state index is 12.6. The second-order valence-electron chi connectivity index (χ2n) is 5.53. The van der Waals surface area contributed by atoms with Gasteiger partial charge in [0.05, 0.1) is 5.69 Å². The van der Waals surface area contributed by atoms with E-state index in [-0.39, 0.29) is 5.56 Å². The normalized spacial score (nSPS) is 10.6. The van der Waals surface area contributed by atoms with E-state index in [2.05, 4.69) is 10.4 Å². The molecule has 122 valence electrons. The van der Waals surface area contributed by atoms with Crippen LogP contribution >= 0.6 is 11.3 Å². The third-order valence-electron chi connectivity index (χ3n) is 3.88. The van der Waals surface area contributed by atoms with Crippen molar-refractivity contribution in [3.63, 3.8) is 0 Å². The lowest BCUT2D eigenvalue weighted by Gasteiger charge is -2.11. The molecule has 5 nitrogen and oxygen atoms in total. The Labute approximate surface area is 143 Å². The molecule has 3 aromatic rings. The van der Waals surface area contributed by atoms with Crippen molar-refractivity contribution in [2.24, 2.45) is 7.05 Å². The summed E-state index contributed by atoms with van der Waals surface area (Å²) >= 11 is 1.63. The molecule has 0 unspecified atom stereocenters. The Morgan fingerprint density at radius 1 is 1.21 bits per heavy atom. The van der Waals surface area contributed by atoms with Gasteiger partial charge in [0.15, 0.2) is 0 Å². The first kappa shape index (κ1) is 16.1. The summed E-state index contributed by atoms with van der Waals surface area (Å²) in [6.45, 7) is 3.52. The quantitative estimate of drug-likeness (QED) is 0.795. The van der Waals surface area contributed by atoms with E-state index in [0.717, 1.165) is 10.4 Å². The Balaban J connectivity index is 1.94. The molecule has 3 rings (SSSR count). The minimum absolute atomic E-state index is 0.131. The number of carbonyl (C=O) groups excluding carboxylic acids is 1. The molecule has 0 aliphatic carbocycles. The molecule has 2 heterocycles. The molecule has 6 heteroatoms. The summed E-state index contributed by atoms with van der Waals surface area (Å²) in [5.41, 5.74) is 2.68. The van der Waals surface area contributed by atoms with Crippen molar-refractivity contribution in [2.45, 2.75) is 13.8 Å². The Hall–Kier alpha value is -2.73. The summed E-state index contributed by atoms with van der Waals surface area (Å²) in [6, 6.07) is 11.6.